The van der Waals surface area contributed by atoms with Gasteiger partial charge in [-0.2, -0.15) is 0 Å². The van der Waals surface area contributed by atoms with Crippen molar-refractivity contribution < 1.29 is 13.2 Å². The Kier molecular flexibility index (Phi) is 6.80. The molecule has 2 rings (SSSR count). The molecule has 134 valence electrons. The smallest absolute Gasteiger partial charge is 0.224 e. The van der Waals surface area contributed by atoms with Gasteiger partial charge in [-0.3, -0.25) is 4.79 Å². The van der Waals surface area contributed by atoms with E-state index in [4.69, 9.17) is 0 Å². The average Bonchev–Trinajstić information content (AvgIpc) is 2.56. The highest BCUT2D eigenvalue weighted by atomic mass is 32.2. The number of hydrogen-bond donors (Lipinski definition) is 1. The molecule has 1 amide bonds. The lowest BCUT2D eigenvalue weighted by atomic mass is 10.1. The summed E-state index contributed by atoms with van der Waals surface area (Å²) in [7, 11) is -3.15. The molecule has 5 nitrogen and oxygen atoms in total. The van der Waals surface area contributed by atoms with Gasteiger partial charge in [-0.25, -0.2) is 12.7 Å². The van der Waals surface area contributed by atoms with Crippen molar-refractivity contribution in [2.75, 3.05) is 24.2 Å². The largest absolute Gasteiger partial charge is 0.326 e. The first-order valence-corrected chi connectivity index (χ1v) is 10.3. The van der Waals surface area contributed by atoms with E-state index in [2.05, 4.69) is 5.32 Å². The number of piperidine rings is 1. The van der Waals surface area contributed by atoms with Gasteiger partial charge in [0.15, 0.2) is 0 Å². The summed E-state index contributed by atoms with van der Waals surface area (Å²) < 4.78 is 26.1. The Morgan fingerprint density at radius 2 is 1.83 bits per heavy atom. The Bertz CT molecular complexity index is 665. The third-order valence-electron chi connectivity index (χ3n) is 4.43. The SMILES string of the molecule is Cc1ccc(C)c(NC(=O)CCCCS(=O)(=O)N2CCCCC2)c1. The highest BCUT2D eigenvalue weighted by molar-refractivity contribution is 7.89. The molecule has 0 spiro atoms. The predicted molar refractivity (Wildman–Crippen MR) is 97.6 cm³/mol. The minimum Gasteiger partial charge on any atom is -0.326 e. The van der Waals surface area contributed by atoms with Gasteiger partial charge in [0.1, 0.15) is 0 Å². The van der Waals surface area contributed by atoms with Crippen LogP contribution in [0.15, 0.2) is 18.2 Å². The number of carbonyl (C=O) groups excluding carboxylic acids is 1. The van der Waals surface area contributed by atoms with Crippen LogP contribution in [0.1, 0.15) is 49.7 Å². The van der Waals surface area contributed by atoms with Gasteiger partial charge >= 0.3 is 0 Å². The van der Waals surface area contributed by atoms with E-state index in [1.165, 1.54) is 0 Å². The summed E-state index contributed by atoms with van der Waals surface area (Å²) in [5, 5.41) is 2.91. The highest BCUT2D eigenvalue weighted by Gasteiger charge is 2.23. The van der Waals surface area contributed by atoms with E-state index in [1.807, 2.05) is 32.0 Å². The summed E-state index contributed by atoms with van der Waals surface area (Å²) >= 11 is 0. The quantitative estimate of drug-likeness (QED) is 0.766. The van der Waals surface area contributed by atoms with Gasteiger partial charge in [-0.1, -0.05) is 18.6 Å². The number of amides is 1. The lowest BCUT2D eigenvalue weighted by molar-refractivity contribution is -0.116. The number of benzene rings is 1. The number of sulfonamides is 1. The Morgan fingerprint density at radius 3 is 2.54 bits per heavy atom. The Hall–Kier alpha value is -1.40. The molecule has 0 atom stereocenters. The second kappa shape index (κ2) is 8.62. The van der Waals surface area contributed by atoms with E-state index in [-0.39, 0.29) is 11.7 Å². The molecule has 1 aliphatic rings. The van der Waals surface area contributed by atoms with Crippen molar-refractivity contribution in [1.29, 1.82) is 0 Å². The van der Waals surface area contributed by atoms with E-state index >= 15 is 0 Å². The van der Waals surface area contributed by atoms with Gasteiger partial charge < -0.3 is 5.32 Å². The molecule has 1 saturated heterocycles. The number of anilines is 1. The van der Waals surface area contributed by atoms with Crippen molar-refractivity contribution in [3.8, 4) is 0 Å². The van der Waals surface area contributed by atoms with Crippen molar-refractivity contribution in [1.82, 2.24) is 4.31 Å². The predicted octanol–water partition coefficient (Wildman–Crippen LogP) is 3.23. The lowest BCUT2D eigenvalue weighted by Gasteiger charge is -2.25. The molecule has 0 aliphatic carbocycles. The molecule has 0 saturated carbocycles. The van der Waals surface area contributed by atoms with Gasteiger partial charge in [0.05, 0.1) is 5.75 Å². The normalized spacial score (nSPS) is 16.1. The van der Waals surface area contributed by atoms with Crippen molar-refractivity contribution in [3.05, 3.63) is 29.3 Å². The number of hydrogen-bond acceptors (Lipinski definition) is 3. The minimum absolute atomic E-state index is 0.0564. The number of carbonyl (C=O) groups is 1. The van der Waals surface area contributed by atoms with Crippen LogP contribution in [0.4, 0.5) is 5.69 Å². The van der Waals surface area contributed by atoms with Gasteiger partial charge in [0.2, 0.25) is 15.9 Å². The molecule has 6 heteroatoms. The van der Waals surface area contributed by atoms with Crippen molar-refractivity contribution in [2.24, 2.45) is 0 Å². The van der Waals surface area contributed by atoms with E-state index in [0.717, 1.165) is 36.1 Å². The lowest BCUT2D eigenvalue weighted by Crippen LogP contribution is -2.37. The molecule has 0 aromatic heterocycles. The maximum absolute atomic E-state index is 12.2. The number of aryl methyl sites for hydroxylation is 2. The first-order valence-electron chi connectivity index (χ1n) is 8.73. The van der Waals surface area contributed by atoms with Crippen LogP contribution in [0.3, 0.4) is 0 Å². The van der Waals surface area contributed by atoms with E-state index in [1.54, 1.807) is 4.31 Å². The van der Waals surface area contributed by atoms with Crippen LogP contribution in [0, 0.1) is 13.8 Å². The molecular weight excluding hydrogens is 324 g/mol. The third-order valence-corrected chi connectivity index (χ3v) is 6.39. The fourth-order valence-corrected chi connectivity index (χ4v) is 4.57. The van der Waals surface area contributed by atoms with E-state index in [9.17, 15) is 13.2 Å². The van der Waals surface area contributed by atoms with E-state index in [0.29, 0.717) is 32.4 Å². The molecule has 1 aromatic carbocycles. The van der Waals surface area contributed by atoms with Crippen LogP contribution in [-0.4, -0.2) is 37.5 Å². The molecule has 24 heavy (non-hydrogen) atoms. The Labute approximate surface area is 145 Å². The second-order valence-corrected chi connectivity index (χ2v) is 8.69. The maximum atomic E-state index is 12.2. The summed E-state index contributed by atoms with van der Waals surface area (Å²) in [6.45, 7) is 5.24. The number of nitrogens with zero attached hydrogens (tertiary/aromatic N) is 1. The van der Waals surface area contributed by atoms with Crippen LogP contribution >= 0.6 is 0 Å². The van der Waals surface area contributed by atoms with Crippen LogP contribution in [0.5, 0.6) is 0 Å². The molecule has 0 unspecified atom stereocenters. The zero-order valence-corrected chi connectivity index (χ0v) is 15.5. The van der Waals surface area contributed by atoms with Crippen molar-refractivity contribution in [3.63, 3.8) is 0 Å². The molecule has 1 N–H and O–H groups in total. The van der Waals surface area contributed by atoms with Crippen molar-refractivity contribution in [2.45, 2.75) is 52.4 Å². The van der Waals surface area contributed by atoms with Crippen LogP contribution < -0.4 is 5.32 Å². The zero-order valence-electron chi connectivity index (χ0n) is 14.7. The fraction of sp³-hybridized carbons (Fsp3) is 0.611. The highest BCUT2D eigenvalue weighted by Crippen LogP contribution is 2.17. The summed E-state index contributed by atoms with van der Waals surface area (Å²) in [5.41, 5.74) is 2.96. The number of unbranched alkanes of at least 4 members (excludes halogenated alkanes) is 1. The minimum atomic E-state index is -3.15. The first kappa shape index (κ1) is 18.9. The summed E-state index contributed by atoms with van der Waals surface area (Å²) in [6.07, 6.45) is 4.49. The molecule has 1 aliphatic heterocycles. The van der Waals surface area contributed by atoms with Gasteiger partial charge in [-0.15, -0.1) is 0 Å². The molecular formula is C18H28N2O3S. The Morgan fingerprint density at radius 1 is 1.12 bits per heavy atom. The fourth-order valence-electron chi connectivity index (χ4n) is 2.93. The average molecular weight is 353 g/mol. The first-order chi connectivity index (χ1) is 11.4. The number of rotatable bonds is 7. The van der Waals surface area contributed by atoms with Crippen LogP contribution in [0.2, 0.25) is 0 Å². The van der Waals surface area contributed by atoms with Gasteiger partial charge in [-0.05, 0) is 56.7 Å². The topological polar surface area (TPSA) is 66.5 Å². The monoisotopic (exact) mass is 352 g/mol. The summed E-state index contributed by atoms with van der Waals surface area (Å²) in [5.74, 6) is 0.0862. The number of nitrogens with one attached hydrogen (secondary N) is 1. The molecule has 1 fully saturated rings. The molecule has 1 heterocycles. The van der Waals surface area contributed by atoms with Crippen LogP contribution in [0.25, 0.3) is 0 Å². The summed E-state index contributed by atoms with van der Waals surface area (Å²) in [6, 6.07) is 5.95. The van der Waals surface area contributed by atoms with Crippen LogP contribution in [-0.2, 0) is 14.8 Å². The summed E-state index contributed by atoms with van der Waals surface area (Å²) in [4.78, 5) is 12.0. The Balaban J connectivity index is 1.73. The van der Waals surface area contributed by atoms with Crippen molar-refractivity contribution >= 4 is 21.6 Å². The van der Waals surface area contributed by atoms with Gasteiger partial charge in [0.25, 0.3) is 0 Å². The standard InChI is InChI=1S/C18H28N2O3S/c1-15-9-10-16(2)17(14-15)19-18(21)8-4-7-13-24(22,23)20-11-5-3-6-12-20/h9-10,14H,3-8,11-13H2,1-2H3,(H,19,21). The molecule has 1 aromatic rings. The molecule has 0 radical (unpaired) electrons. The third kappa shape index (κ3) is 5.60. The maximum Gasteiger partial charge on any atom is 0.224 e. The zero-order chi connectivity index (χ0) is 17.6. The molecule has 0 bridgehead atoms. The second-order valence-electron chi connectivity index (χ2n) is 6.60. The van der Waals surface area contributed by atoms with E-state index < -0.39 is 10.0 Å². The van der Waals surface area contributed by atoms with Gasteiger partial charge in [0, 0.05) is 25.2 Å².